The number of anilines is 1. The zero-order valence-electron chi connectivity index (χ0n) is 14.6. The highest BCUT2D eigenvalue weighted by atomic mass is 16.1. The molecule has 0 aliphatic heterocycles. The van der Waals surface area contributed by atoms with Crippen molar-refractivity contribution in [3.8, 4) is 5.82 Å². The summed E-state index contributed by atoms with van der Waals surface area (Å²) in [4.78, 5) is 29.9. The van der Waals surface area contributed by atoms with Crippen LogP contribution in [0.15, 0.2) is 79.4 Å². The van der Waals surface area contributed by atoms with Crippen LogP contribution in [0.4, 0.5) is 5.69 Å². The van der Waals surface area contributed by atoms with Gasteiger partial charge in [0.2, 0.25) is 0 Å². The maximum Gasteiger partial charge on any atom is 0.275 e. The third kappa shape index (κ3) is 2.84. The zero-order valence-corrected chi connectivity index (χ0v) is 14.6. The average molecular weight is 366 g/mol. The second-order valence-electron chi connectivity index (χ2n) is 6.21. The molecule has 7 nitrogen and oxygen atoms in total. The Morgan fingerprint density at radius 1 is 0.786 bits per heavy atom. The topological polar surface area (TPSA) is 85.6 Å². The van der Waals surface area contributed by atoms with Crippen LogP contribution in [0.5, 0.6) is 0 Å². The third-order valence-corrected chi connectivity index (χ3v) is 4.39. The van der Waals surface area contributed by atoms with E-state index in [2.05, 4.69) is 25.3 Å². The van der Waals surface area contributed by atoms with Crippen molar-refractivity contribution in [1.82, 2.24) is 24.5 Å². The van der Waals surface area contributed by atoms with Crippen LogP contribution in [-0.4, -0.2) is 30.4 Å². The van der Waals surface area contributed by atoms with Gasteiger partial charge in [0.15, 0.2) is 0 Å². The minimum Gasteiger partial charge on any atom is -0.319 e. The van der Waals surface area contributed by atoms with Crippen LogP contribution in [0.3, 0.4) is 0 Å². The van der Waals surface area contributed by atoms with Crippen molar-refractivity contribution in [1.29, 1.82) is 0 Å². The summed E-state index contributed by atoms with van der Waals surface area (Å²) >= 11 is 0. The van der Waals surface area contributed by atoms with Crippen LogP contribution in [0.2, 0.25) is 0 Å². The van der Waals surface area contributed by atoms with Crippen LogP contribution in [0.1, 0.15) is 10.5 Å². The Balaban J connectivity index is 1.39. The van der Waals surface area contributed by atoms with Gasteiger partial charge in [-0.3, -0.25) is 14.3 Å². The zero-order chi connectivity index (χ0) is 18.9. The van der Waals surface area contributed by atoms with Crippen molar-refractivity contribution >= 4 is 33.7 Å². The lowest BCUT2D eigenvalue weighted by Crippen LogP contribution is -2.14. The van der Waals surface area contributed by atoms with Crippen LogP contribution < -0.4 is 5.32 Å². The van der Waals surface area contributed by atoms with E-state index >= 15 is 0 Å². The minimum absolute atomic E-state index is 0.253. The average Bonchev–Trinajstić information content (AvgIpc) is 3.18. The second kappa shape index (κ2) is 6.55. The standard InChI is InChI=1S/C21H14N6O/c28-21(18-12-22-15-5-1-2-6-16(15)26-18)25-14-9-10-20(23-11-14)27-13-24-17-7-3-4-8-19(17)27/h1-13H,(H,25,28). The van der Waals surface area contributed by atoms with Gasteiger partial charge in [-0.1, -0.05) is 24.3 Å². The molecule has 28 heavy (non-hydrogen) atoms. The molecule has 3 aromatic heterocycles. The maximum absolute atomic E-state index is 12.5. The molecule has 0 aliphatic rings. The molecule has 5 aromatic rings. The van der Waals surface area contributed by atoms with Crippen molar-refractivity contribution in [3.63, 3.8) is 0 Å². The van der Waals surface area contributed by atoms with Gasteiger partial charge >= 0.3 is 0 Å². The summed E-state index contributed by atoms with van der Waals surface area (Å²) in [5.41, 5.74) is 4.12. The Hall–Kier alpha value is -4.13. The van der Waals surface area contributed by atoms with Crippen LogP contribution in [-0.2, 0) is 0 Å². The summed E-state index contributed by atoms with van der Waals surface area (Å²) in [6.45, 7) is 0. The fourth-order valence-corrected chi connectivity index (χ4v) is 3.01. The van der Waals surface area contributed by atoms with Gasteiger partial charge in [-0.2, -0.15) is 0 Å². The molecule has 7 heteroatoms. The number of benzene rings is 2. The summed E-state index contributed by atoms with van der Waals surface area (Å²) in [6.07, 6.45) is 4.81. The molecule has 2 aromatic carbocycles. The van der Waals surface area contributed by atoms with E-state index in [9.17, 15) is 4.79 Å². The Bertz CT molecular complexity index is 1310. The first-order valence-electron chi connectivity index (χ1n) is 8.69. The number of carbonyl (C=O) groups is 1. The first-order valence-corrected chi connectivity index (χ1v) is 8.69. The van der Waals surface area contributed by atoms with Gasteiger partial charge in [-0.25, -0.2) is 15.0 Å². The molecule has 0 bridgehead atoms. The second-order valence-corrected chi connectivity index (χ2v) is 6.21. The smallest absolute Gasteiger partial charge is 0.275 e. The summed E-state index contributed by atoms with van der Waals surface area (Å²) in [6, 6.07) is 18.9. The first kappa shape index (κ1) is 16.1. The number of para-hydroxylation sites is 4. The number of nitrogens with zero attached hydrogens (tertiary/aromatic N) is 5. The van der Waals surface area contributed by atoms with E-state index in [0.29, 0.717) is 11.2 Å². The summed E-state index contributed by atoms with van der Waals surface area (Å²) in [5.74, 6) is 0.387. The number of pyridine rings is 1. The highest BCUT2D eigenvalue weighted by Gasteiger charge is 2.10. The summed E-state index contributed by atoms with van der Waals surface area (Å²) in [5, 5.41) is 2.80. The van der Waals surface area contributed by atoms with Crippen LogP contribution in [0, 0.1) is 0 Å². The minimum atomic E-state index is -0.333. The van der Waals surface area contributed by atoms with Crippen LogP contribution in [0.25, 0.3) is 27.9 Å². The van der Waals surface area contributed by atoms with Gasteiger partial charge in [-0.05, 0) is 36.4 Å². The molecule has 0 saturated heterocycles. The Kier molecular flexibility index (Phi) is 3.76. The number of hydrogen-bond donors (Lipinski definition) is 1. The van der Waals surface area contributed by atoms with Crippen molar-refractivity contribution in [3.05, 3.63) is 85.1 Å². The van der Waals surface area contributed by atoms with Gasteiger partial charge in [0.1, 0.15) is 17.8 Å². The molecule has 3 heterocycles. The SMILES string of the molecule is O=C(Nc1ccc(-n2cnc3ccccc32)nc1)c1cnc2ccccc2n1. The maximum atomic E-state index is 12.5. The quantitative estimate of drug-likeness (QED) is 0.527. The number of rotatable bonds is 3. The number of nitrogens with one attached hydrogen (secondary N) is 1. The largest absolute Gasteiger partial charge is 0.319 e. The number of hydrogen-bond acceptors (Lipinski definition) is 5. The van der Waals surface area contributed by atoms with Gasteiger partial charge in [0, 0.05) is 0 Å². The molecule has 1 N–H and O–H groups in total. The van der Waals surface area contributed by atoms with Crippen LogP contribution >= 0.6 is 0 Å². The molecule has 0 atom stereocenters. The Labute approximate surface area is 159 Å². The molecule has 0 radical (unpaired) electrons. The van der Waals surface area contributed by atoms with E-state index in [1.807, 2.05) is 59.2 Å². The monoisotopic (exact) mass is 366 g/mol. The number of aromatic nitrogens is 5. The fraction of sp³-hybridized carbons (Fsp3) is 0. The predicted octanol–water partition coefficient (Wildman–Crippen LogP) is 3.62. The molecule has 1 amide bonds. The Morgan fingerprint density at radius 3 is 2.39 bits per heavy atom. The lowest BCUT2D eigenvalue weighted by atomic mass is 10.3. The van der Waals surface area contributed by atoms with Crippen molar-refractivity contribution in [2.75, 3.05) is 5.32 Å². The van der Waals surface area contributed by atoms with E-state index < -0.39 is 0 Å². The molecule has 134 valence electrons. The molecule has 0 aliphatic carbocycles. The lowest BCUT2D eigenvalue weighted by Gasteiger charge is -2.07. The molecular weight excluding hydrogens is 352 g/mol. The lowest BCUT2D eigenvalue weighted by molar-refractivity contribution is 0.102. The van der Waals surface area contributed by atoms with E-state index in [4.69, 9.17) is 0 Å². The van der Waals surface area contributed by atoms with Gasteiger partial charge < -0.3 is 5.32 Å². The molecule has 5 rings (SSSR count). The van der Waals surface area contributed by atoms with Crippen molar-refractivity contribution in [2.45, 2.75) is 0 Å². The number of fused-ring (bicyclic) bond motifs is 2. The summed E-state index contributed by atoms with van der Waals surface area (Å²) < 4.78 is 1.90. The molecule has 0 spiro atoms. The van der Waals surface area contributed by atoms with Gasteiger partial charge in [0.05, 0.1) is 40.1 Å². The number of carbonyl (C=O) groups excluding carboxylic acids is 1. The molecule has 0 fully saturated rings. The van der Waals surface area contributed by atoms with E-state index in [1.54, 1.807) is 18.6 Å². The van der Waals surface area contributed by atoms with Gasteiger partial charge in [-0.15, -0.1) is 0 Å². The van der Waals surface area contributed by atoms with Gasteiger partial charge in [0.25, 0.3) is 5.91 Å². The first-order chi connectivity index (χ1) is 13.8. The predicted molar refractivity (Wildman–Crippen MR) is 106 cm³/mol. The van der Waals surface area contributed by atoms with E-state index in [-0.39, 0.29) is 11.6 Å². The molecular formula is C21H14N6O. The van der Waals surface area contributed by atoms with Crippen molar-refractivity contribution < 1.29 is 4.79 Å². The normalized spacial score (nSPS) is 11.0. The Morgan fingerprint density at radius 2 is 1.57 bits per heavy atom. The van der Waals surface area contributed by atoms with Crippen molar-refractivity contribution in [2.24, 2.45) is 0 Å². The highest BCUT2D eigenvalue weighted by Crippen LogP contribution is 2.18. The molecule has 0 unspecified atom stereocenters. The number of amides is 1. The molecule has 0 saturated carbocycles. The van der Waals surface area contributed by atoms with E-state index in [0.717, 1.165) is 22.4 Å². The fourth-order valence-electron chi connectivity index (χ4n) is 3.01. The third-order valence-electron chi connectivity index (χ3n) is 4.39. The summed E-state index contributed by atoms with van der Waals surface area (Å²) in [7, 11) is 0. The highest BCUT2D eigenvalue weighted by molar-refractivity contribution is 6.03. The number of imidazole rings is 1. The van der Waals surface area contributed by atoms with E-state index in [1.165, 1.54) is 6.20 Å².